The maximum Gasteiger partial charge on any atom is 0.143 e. The van der Waals surface area contributed by atoms with Crippen molar-refractivity contribution in [3.63, 3.8) is 0 Å². The minimum absolute atomic E-state index is 0.526. The van der Waals surface area contributed by atoms with Crippen LogP contribution in [-0.4, -0.2) is 13.7 Å². The van der Waals surface area contributed by atoms with E-state index in [9.17, 15) is 0 Å². The van der Waals surface area contributed by atoms with Crippen molar-refractivity contribution in [1.29, 1.82) is 0 Å². The zero-order chi connectivity index (χ0) is 15.2. The molecule has 1 unspecified atom stereocenters. The van der Waals surface area contributed by atoms with Gasteiger partial charge in [0.15, 0.2) is 0 Å². The molecular formula is C18H22ClNO. The van der Waals surface area contributed by atoms with Crippen LogP contribution in [0.1, 0.15) is 30.4 Å². The molecule has 21 heavy (non-hydrogen) atoms. The molecule has 1 atom stereocenters. The van der Waals surface area contributed by atoms with Crippen molar-refractivity contribution in [2.45, 2.75) is 26.2 Å². The number of rotatable bonds is 6. The van der Waals surface area contributed by atoms with Crippen molar-refractivity contribution in [2.75, 3.05) is 19.0 Å². The number of ether oxygens (including phenoxy) is 1. The average Bonchev–Trinajstić information content (AvgIpc) is 2.51. The predicted molar refractivity (Wildman–Crippen MR) is 90.7 cm³/mol. The van der Waals surface area contributed by atoms with E-state index < -0.39 is 0 Å². The number of hydrogen-bond acceptors (Lipinski definition) is 2. The van der Waals surface area contributed by atoms with E-state index >= 15 is 0 Å². The Morgan fingerprint density at radius 2 is 1.90 bits per heavy atom. The number of anilines is 1. The highest BCUT2D eigenvalue weighted by molar-refractivity contribution is 6.31. The van der Waals surface area contributed by atoms with Gasteiger partial charge in [-0.25, -0.2) is 0 Å². The molecule has 0 aromatic heterocycles. The lowest BCUT2D eigenvalue weighted by atomic mass is 9.98. The summed E-state index contributed by atoms with van der Waals surface area (Å²) in [5, 5.41) is 4.18. The van der Waals surface area contributed by atoms with Crippen molar-refractivity contribution in [2.24, 2.45) is 0 Å². The second kappa shape index (κ2) is 7.37. The van der Waals surface area contributed by atoms with Crippen molar-refractivity contribution < 1.29 is 4.74 Å². The molecule has 3 heteroatoms. The third-order valence-electron chi connectivity index (χ3n) is 3.74. The van der Waals surface area contributed by atoms with E-state index in [0.717, 1.165) is 35.0 Å². The fourth-order valence-electron chi connectivity index (χ4n) is 2.34. The minimum Gasteiger partial charge on any atom is -0.495 e. The van der Waals surface area contributed by atoms with Crippen LogP contribution in [0.4, 0.5) is 5.69 Å². The van der Waals surface area contributed by atoms with Gasteiger partial charge in [0, 0.05) is 17.6 Å². The molecule has 0 bridgehead atoms. The van der Waals surface area contributed by atoms with Crippen LogP contribution >= 0.6 is 11.6 Å². The molecule has 0 saturated heterocycles. The zero-order valence-corrected chi connectivity index (χ0v) is 13.6. The standard InChI is InChI=1S/C18H22ClNO/c1-13(15-7-5-4-6-8-15)9-10-20-17-11-14(2)16(19)12-18(17)21-3/h4-8,11-13,20H,9-10H2,1-3H3. The first-order valence-electron chi connectivity index (χ1n) is 7.24. The highest BCUT2D eigenvalue weighted by Crippen LogP contribution is 2.31. The van der Waals surface area contributed by atoms with E-state index in [1.165, 1.54) is 5.56 Å². The number of aryl methyl sites for hydroxylation is 1. The molecule has 112 valence electrons. The topological polar surface area (TPSA) is 21.3 Å². The molecule has 0 fully saturated rings. The first-order valence-corrected chi connectivity index (χ1v) is 7.62. The summed E-state index contributed by atoms with van der Waals surface area (Å²) < 4.78 is 5.38. The molecule has 0 radical (unpaired) electrons. The predicted octanol–water partition coefficient (Wildman–Crippen LogP) is 5.26. The highest BCUT2D eigenvalue weighted by Gasteiger charge is 2.08. The Morgan fingerprint density at radius 1 is 1.19 bits per heavy atom. The van der Waals surface area contributed by atoms with Gasteiger partial charge in [-0.3, -0.25) is 0 Å². The summed E-state index contributed by atoms with van der Waals surface area (Å²) in [5.41, 5.74) is 3.43. The lowest BCUT2D eigenvalue weighted by Gasteiger charge is -2.16. The summed E-state index contributed by atoms with van der Waals surface area (Å²) in [5.74, 6) is 1.32. The van der Waals surface area contributed by atoms with Gasteiger partial charge in [-0.1, -0.05) is 48.9 Å². The first-order chi connectivity index (χ1) is 10.1. The summed E-state index contributed by atoms with van der Waals surface area (Å²) in [6.07, 6.45) is 1.06. The lowest BCUT2D eigenvalue weighted by molar-refractivity contribution is 0.416. The smallest absolute Gasteiger partial charge is 0.143 e. The maximum absolute atomic E-state index is 6.12. The Balaban J connectivity index is 1.96. The van der Waals surface area contributed by atoms with Crippen LogP contribution in [-0.2, 0) is 0 Å². The van der Waals surface area contributed by atoms with Gasteiger partial charge in [-0.05, 0) is 36.5 Å². The molecule has 0 heterocycles. The van der Waals surface area contributed by atoms with E-state index in [2.05, 4.69) is 42.6 Å². The molecule has 0 amide bonds. The number of benzene rings is 2. The second-order valence-corrected chi connectivity index (χ2v) is 5.74. The van der Waals surface area contributed by atoms with Crippen molar-refractivity contribution in [3.05, 3.63) is 58.6 Å². The van der Waals surface area contributed by atoms with Crippen LogP contribution in [0, 0.1) is 6.92 Å². The average molecular weight is 304 g/mol. The zero-order valence-electron chi connectivity index (χ0n) is 12.8. The van der Waals surface area contributed by atoms with Gasteiger partial charge in [0.05, 0.1) is 12.8 Å². The number of methoxy groups -OCH3 is 1. The molecule has 2 nitrogen and oxygen atoms in total. The Bertz CT molecular complexity index is 583. The Labute approximate surface area is 132 Å². The number of nitrogens with one attached hydrogen (secondary N) is 1. The van der Waals surface area contributed by atoms with Crippen LogP contribution < -0.4 is 10.1 Å². The molecule has 2 aromatic rings. The van der Waals surface area contributed by atoms with Gasteiger partial charge in [-0.2, -0.15) is 0 Å². The molecular weight excluding hydrogens is 282 g/mol. The van der Waals surface area contributed by atoms with Crippen molar-refractivity contribution >= 4 is 17.3 Å². The van der Waals surface area contributed by atoms with E-state index in [-0.39, 0.29) is 0 Å². The fourth-order valence-corrected chi connectivity index (χ4v) is 2.50. The molecule has 0 spiro atoms. The molecule has 2 rings (SSSR count). The minimum atomic E-state index is 0.526. The first kappa shape index (κ1) is 15.7. The van der Waals surface area contributed by atoms with Crippen LogP contribution in [0.3, 0.4) is 0 Å². The third kappa shape index (κ3) is 4.15. The van der Waals surface area contributed by atoms with Gasteiger partial charge >= 0.3 is 0 Å². The summed E-state index contributed by atoms with van der Waals surface area (Å²) in [6, 6.07) is 14.5. The molecule has 1 N–H and O–H groups in total. The Morgan fingerprint density at radius 3 is 2.57 bits per heavy atom. The van der Waals surface area contributed by atoms with Crippen molar-refractivity contribution in [1.82, 2.24) is 0 Å². The second-order valence-electron chi connectivity index (χ2n) is 5.33. The molecule has 0 aliphatic heterocycles. The number of hydrogen-bond donors (Lipinski definition) is 1. The summed E-state index contributed by atoms with van der Waals surface area (Å²) in [7, 11) is 1.67. The summed E-state index contributed by atoms with van der Waals surface area (Å²) >= 11 is 6.12. The van der Waals surface area contributed by atoms with E-state index in [1.54, 1.807) is 7.11 Å². The monoisotopic (exact) mass is 303 g/mol. The Hall–Kier alpha value is -1.67. The SMILES string of the molecule is COc1cc(Cl)c(C)cc1NCCC(C)c1ccccc1. The number of halogens is 1. The summed E-state index contributed by atoms with van der Waals surface area (Å²) in [6.45, 7) is 5.15. The van der Waals surface area contributed by atoms with Gasteiger partial charge < -0.3 is 10.1 Å². The maximum atomic E-state index is 6.12. The van der Waals surface area contributed by atoms with Crippen molar-refractivity contribution in [3.8, 4) is 5.75 Å². The molecule has 0 saturated carbocycles. The van der Waals surface area contributed by atoms with Crippen LogP contribution in [0.15, 0.2) is 42.5 Å². The third-order valence-corrected chi connectivity index (χ3v) is 4.15. The van der Waals surface area contributed by atoms with Gasteiger partial charge in [0.1, 0.15) is 5.75 Å². The normalized spacial score (nSPS) is 12.0. The van der Waals surface area contributed by atoms with E-state index in [0.29, 0.717) is 5.92 Å². The molecule has 2 aromatic carbocycles. The largest absolute Gasteiger partial charge is 0.495 e. The molecule has 0 aliphatic carbocycles. The van der Waals surface area contributed by atoms with Crippen LogP contribution in [0.5, 0.6) is 5.75 Å². The van der Waals surface area contributed by atoms with Gasteiger partial charge in [0.2, 0.25) is 0 Å². The van der Waals surface area contributed by atoms with Crippen LogP contribution in [0.2, 0.25) is 5.02 Å². The van der Waals surface area contributed by atoms with E-state index in [1.807, 2.05) is 19.1 Å². The van der Waals surface area contributed by atoms with Crippen LogP contribution in [0.25, 0.3) is 0 Å². The molecule has 0 aliphatic rings. The quantitative estimate of drug-likeness (QED) is 0.785. The lowest BCUT2D eigenvalue weighted by Crippen LogP contribution is -2.07. The van der Waals surface area contributed by atoms with E-state index in [4.69, 9.17) is 16.3 Å². The fraction of sp³-hybridized carbons (Fsp3) is 0.333. The highest BCUT2D eigenvalue weighted by atomic mass is 35.5. The summed E-state index contributed by atoms with van der Waals surface area (Å²) in [4.78, 5) is 0. The van der Waals surface area contributed by atoms with Gasteiger partial charge in [-0.15, -0.1) is 0 Å². The van der Waals surface area contributed by atoms with Gasteiger partial charge in [0.25, 0.3) is 0 Å². The Kier molecular flexibility index (Phi) is 5.51.